The number of nitrogens with one attached hydrogen (secondary N) is 1. The van der Waals surface area contributed by atoms with E-state index in [9.17, 15) is 0 Å². The number of hydrogen-bond donors (Lipinski definition) is 1. The number of benzene rings is 2. The Bertz CT molecular complexity index is 860. The van der Waals surface area contributed by atoms with Crippen LogP contribution in [0.2, 0.25) is 0 Å². The Morgan fingerprint density at radius 3 is 2.62 bits per heavy atom. The van der Waals surface area contributed by atoms with Crippen molar-refractivity contribution >= 4 is 11.4 Å². The van der Waals surface area contributed by atoms with Gasteiger partial charge >= 0.3 is 0 Å². The van der Waals surface area contributed by atoms with E-state index in [2.05, 4.69) is 58.7 Å². The third kappa shape index (κ3) is 3.06. The van der Waals surface area contributed by atoms with Crippen LogP contribution < -0.4 is 10.2 Å². The Morgan fingerprint density at radius 1 is 0.897 bits per heavy atom. The average molecular weight is 389 g/mol. The third-order valence-electron chi connectivity index (χ3n) is 8.19. The summed E-state index contributed by atoms with van der Waals surface area (Å²) in [6.07, 6.45) is 7.09. The lowest BCUT2D eigenvalue weighted by molar-refractivity contribution is 0.122. The molecule has 2 aromatic carbocycles. The standard InChI is InChI=1S/C26H32N2O/c1-2-5-19(6-3-1)26-25-21-8-4-7-18(21)9-11-22(25)23-17-20(10-12-24(23)27-26)28-13-15-29-16-14-28/h1-3,5-6,10,12,17-18,21-22,25-27H,4,7-9,11,13-16H2. The molecule has 1 saturated heterocycles. The van der Waals surface area contributed by atoms with Crippen molar-refractivity contribution in [1.29, 1.82) is 0 Å². The predicted molar refractivity (Wildman–Crippen MR) is 119 cm³/mol. The van der Waals surface area contributed by atoms with E-state index in [4.69, 9.17) is 4.74 Å². The van der Waals surface area contributed by atoms with Crippen LogP contribution in [0.3, 0.4) is 0 Å². The predicted octanol–water partition coefficient (Wildman–Crippen LogP) is 5.60. The van der Waals surface area contributed by atoms with Crippen molar-refractivity contribution in [3.8, 4) is 0 Å². The molecule has 2 aliphatic carbocycles. The van der Waals surface area contributed by atoms with E-state index in [1.54, 1.807) is 5.56 Å². The molecular weight excluding hydrogens is 356 g/mol. The molecule has 0 amide bonds. The van der Waals surface area contributed by atoms with Gasteiger partial charge in [-0.05, 0) is 72.3 Å². The number of morpholine rings is 1. The van der Waals surface area contributed by atoms with Gasteiger partial charge < -0.3 is 15.0 Å². The van der Waals surface area contributed by atoms with Gasteiger partial charge in [0.25, 0.3) is 0 Å². The first-order chi connectivity index (χ1) is 14.4. The average Bonchev–Trinajstić information content (AvgIpc) is 3.28. The van der Waals surface area contributed by atoms with Crippen LogP contribution in [0.25, 0.3) is 0 Å². The molecule has 0 radical (unpaired) electrons. The lowest BCUT2D eigenvalue weighted by Gasteiger charge is -2.49. The van der Waals surface area contributed by atoms with Crippen LogP contribution in [-0.2, 0) is 4.74 Å². The van der Waals surface area contributed by atoms with Crippen molar-refractivity contribution in [2.75, 3.05) is 36.5 Å². The van der Waals surface area contributed by atoms with E-state index in [1.807, 2.05) is 0 Å². The number of rotatable bonds is 2. The second-order valence-corrected chi connectivity index (χ2v) is 9.52. The first kappa shape index (κ1) is 17.8. The molecule has 152 valence electrons. The topological polar surface area (TPSA) is 24.5 Å². The third-order valence-corrected chi connectivity index (χ3v) is 8.19. The molecule has 5 atom stereocenters. The molecule has 6 rings (SSSR count). The second-order valence-electron chi connectivity index (χ2n) is 9.52. The summed E-state index contributed by atoms with van der Waals surface area (Å²) in [6.45, 7) is 3.72. The summed E-state index contributed by atoms with van der Waals surface area (Å²) < 4.78 is 5.58. The molecule has 0 aromatic heterocycles. The van der Waals surface area contributed by atoms with E-state index in [0.717, 1.165) is 44.1 Å². The zero-order valence-corrected chi connectivity index (χ0v) is 17.2. The number of anilines is 2. The Kier molecular flexibility index (Phi) is 4.52. The Hall–Kier alpha value is -2.00. The molecule has 5 unspecified atom stereocenters. The van der Waals surface area contributed by atoms with Crippen molar-refractivity contribution < 1.29 is 4.74 Å². The number of fused-ring (bicyclic) bond motifs is 5. The maximum Gasteiger partial charge on any atom is 0.0642 e. The number of ether oxygens (including phenoxy) is 1. The molecule has 2 heterocycles. The van der Waals surface area contributed by atoms with Crippen LogP contribution in [-0.4, -0.2) is 26.3 Å². The minimum absolute atomic E-state index is 0.453. The van der Waals surface area contributed by atoms with E-state index in [-0.39, 0.29) is 0 Å². The molecule has 4 aliphatic rings. The highest BCUT2D eigenvalue weighted by Gasteiger charge is 2.48. The lowest BCUT2D eigenvalue weighted by Crippen LogP contribution is -2.41. The van der Waals surface area contributed by atoms with Crippen LogP contribution in [0.4, 0.5) is 11.4 Å². The van der Waals surface area contributed by atoms with Crippen LogP contribution >= 0.6 is 0 Å². The quantitative estimate of drug-likeness (QED) is 0.725. The summed E-state index contributed by atoms with van der Waals surface area (Å²) in [5, 5.41) is 4.01. The van der Waals surface area contributed by atoms with Gasteiger partial charge in [-0.15, -0.1) is 0 Å². The van der Waals surface area contributed by atoms with Gasteiger partial charge in [0, 0.05) is 24.5 Å². The maximum atomic E-state index is 5.58. The van der Waals surface area contributed by atoms with Gasteiger partial charge in [0.05, 0.1) is 19.3 Å². The molecular formula is C26H32N2O. The van der Waals surface area contributed by atoms with Crippen molar-refractivity contribution in [2.45, 2.75) is 44.1 Å². The molecule has 0 spiro atoms. The largest absolute Gasteiger partial charge is 0.378 e. The summed E-state index contributed by atoms with van der Waals surface area (Å²) in [6, 6.07) is 18.9. The van der Waals surface area contributed by atoms with Crippen LogP contribution in [0.1, 0.15) is 55.2 Å². The zero-order chi connectivity index (χ0) is 19.2. The van der Waals surface area contributed by atoms with Crippen LogP contribution in [0, 0.1) is 17.8 Å². The van der Waals surface area contributed by atoms with Crippen LogP contribution in [0.5, 0.6) is 0 Å². The lowest BCUT2D eigenvalue weighted by atomic mass is 9.60. The van der Waals surface area contributed by atoms with Gasteiger partial charge in [-0.1, -0.05) is 43.2 Å². The maximum absolute atomic E-state index is 5.58. The molecule has 29 heavy (non-hydrogen) atoms. The smallest absolute Gasteiger partial charge is 0.0642 e. The van der Waals surface area contributed by atoms with Gasteiger partial charge in [-0.25, -0.2) is 0 Å². The van der Waals surface area contributed by atoms with Gasteiger partial charge in [0.15, 0.2) is 0 Å². The Morgan fingerprint density at radius 2 is 1.76 bits per heavy atom. The highest BCUT2D eigenvalue weighted by molar-refractivity contribution is 5.65. The van der Waals surface area contributed by atoms with Crippen molar-refractivity contribution in [3.05, 3.63) is 59.7 Å². The highest BCUT2D eigenvalue weighted by Crippen LogP contribution is 2.59. The molecule has 3 nitrogen and oxygen atoms in total. The van der Waals surface area contributed by atoms with Crippen molar-refractivity contribution in [1.82, 2.24) is 0 Å². The van der Waals surface area contributed by atoms with Crippen molar-refractivity contribution in [2.24, 2.45) is 17.8 Å². The van der Waals surface area contributed by atoms with E-state index in [1.165, 1.54) is 49.0 Å². The summed E-state index contributed by atoms with van der Waals surface area (Å²) in [4.78, 5) is 2.50. The molecule has 1 N–H and O–H groups in total. The van der Waals surface area contributed by atoms with E-state index >= 15 is 0 Å². The SMILES string of the molecule is c1ccc(C2Nc3ccc(N4CCOCC4)cc3C3CCC4CCCC4C32)cc1. The molecule has 0 bridgehead atoms. The Labute approximate surface area is 174 Å². The van der Waals surface area contributed by atoms with E-state index < -0.39 is 0 Å². The minimum Gasteiger partial charge on any atom is -0.378 e. The minimum atomic E-state index is 0.453. The molecule has 2 aromatic rings. The number of hydrogen-bond acceptors (Lipinski definition) is 3. The van der Waals surface area contributed by atoms with E-state index in [0.29, 0.717) is 12.0 Å². The van der Waals surface area contributed by atoms with Crippen LogP contribution in [0.15, 0.2) is 48.5 Å². The normalized spacial score (nSPS) is 33.4. The van der Waals surface area contributed by atoms with Gasteiger partial charge in [0.2, 0.25) is 0 Å². The first-order valence-corrected chi connectivity index (χ1v) is 11.7. The summed E-state index contributed by atoms with van der Waals surface area (Å²) in [7, 11) is 0. The van der Waals surface area contributed by atoms with Gasteiger partial charge in [-0.2, -0.15) is 0 Å². The fourth-order valence-corrected chi connectivity index (χ4v) is 6.89. The fraction of sp³-hybridized carbons (Fsp3) is 0.538. The zero-order valence-electron chi connectivity index (χ0n) is 17.2. The fourth-order valence-electron chi connectivity index (χ4n) is 6.89. The van der Waals surface area contributed by atoms with Gasteiger partial charge in [-0.3, -0.25) is 0 Å². The molecule has 2 saturated carbocycles. The Balaban J connectivity index is 1.41. The second kappa shape index (κ2) is 7.36. The molecule has 3 fully saturated rings. The molecule has 3 heteroatoms. The summed E-state index contributed by atoms with van der Waals surface area (Å²) in [5.41, 5.74) is 5.81. The summed E-state index contributed by atoms with van der Waals surface area (Å²) >= 11 is 0. The first-order valence-electron chi connectivity index (χ1n) is 11.7. The molecule has 2 aliphatic heterocycles. The number of nitrogens with zero attached hydrogens (tertiary/aromatic N) is 1. The summed E-state index contributed by atoms with van der Waals surface area (Å²) in [5.74, 6) is 3.25. The van der Waals surface area contributed by atoms with Crippen molar-refractivity contribution in [3.63, 3.8) is 0 Å². The monoisotopic (exact) mass is 388 g/mol. The van der Waals surface area contributed by atoms with Gasteiger partial charge in [0.1, 0.15) is 0 Å². The highest BCUT2D eigenvalue weighted by atomic mass is 16.5.